The van der Waals surface area contributed by atoms with Crippen LogP contribution < -0.4 is 25.3 Å². The Hall–Kier alpha value is -5.51. The fourth-order valence-electron chi connectivity index (χ4n) is 5.75. The van der Waals surface area contributed by atoms with Crippen molar-refractivity contribution in [2.75, 3.05) is 38.2 Å². The van der Waals surface area contributed by atoms with Gasteiger partial charge in [0.25, 0.3) is 11.8 Å². The Balaban J connectivity index is 1.32. The Morgan fingerprint density at radius 1 is 0.929 bits per heavy atom. The van der Waals surface area contributed by atoms with Gasteiger partial charge in [-0.25, -0.2) is 23.9 Å². The summed E-state index contributed by atoms with van der Waals surface area (Å²) in [5.74, 6) is -2.44. The van der Waals surface area contributed by atoms with Gasteiger partial charge in [0.2, 0.25) is 0 Å². The number of amides is 3. The van der Waals surface area contributed by atoms with Gasteiger partial charge < -0.3 is 39.3 Å². The summed E-state index contributed by atoms with van der Waals surface area (Å²) in [4.78, 5) is 67.8. The van der Waals surface area contributed by atoms with Crippen LogP contribution in [0.4, 0.5) is 14.9 Å². The van der Waals surface area contributed by atoms with Crippen molar-refractivity contribution in [1.82, 2.24) is 25.4 Å². The summed E-state index contributed by atoms with van der Waals surface area (Å²) in [6.45, 7) is 12.1. The molecule has 56 heavy (non-hydrogen) atoms. The molecule has 0 aliphatic carbocycles. The number of rotatable bonds is 18. The van der Waals surface area contributed by atoms with E-state index in [2.05, 4.69) is 25.8 Å². The maximum Gasteiger partial charge on any atom is 0.410 e. The predicted molar refractivity (Wildman–Crippen MR) is 206 cm³/mol. The molecule has 2 aromatic carbocycles. The van der Waals surface area contributed by atoms with Gasteiger partial charge in [-0.3, -0.25) is 19.2 Å². The summed E-state index contributed by atoms with van der Waals surface area (Å²) >= 11 is 0. The lowest BCUT2D eigenvalue weighted by Gasteiger charge is -2.26. The minimum atomic E-state index is -4.09. The number of nitrogens with one attached hydrogen (secondary N) is 5. The fourth-order valence-corrected chi connectivity index (χ4v) is 7.58. The lowest BCUT2D eigenvalue weighted by molar-refractivity contribution is -0.145. The molecule has 0 saturated carbocycles. The molecule has 18 heteroatoms. The second-order valence-electron chi connectivity index (χ2n) is 12.7. The standard InChI is InChI=1S/C38H48FN6O10P/c1-8-45(18-17-40-35(47)33-22(4)32(41-23(33)5)20-30-29-19-27(39)13-16-31(29)42-34(30)46)38(50)54-21-26-11-14-28(15-12-26)55-56(51,43-24(6)36(48)52-9-2)44-25(7)37(49)53-10-3/h11-16,19-20,24-25,41H,8-10,17-18,21H2,1-7H3,(H,40,47)(H,42,46)(H2,43,44,51)/b30-20-. The van der Waals surface area contributed by atoms with Crippen LogP contribution in [0, 0.1) is 19.7 Å². The molecule has 0 fully saturated rings. The summed E-state index contributed by atoms with van der Waals surface area (Å²) in [5, 5.41) is 10.7. The normalized spacial score (nSPS) is 14.9. The summed E-state index contributed by atoms with van der Waals surface area (Å²) < 4.78 is 48.9. The van der Waals surface area contributed by atoms with Gasteiger partial charge in [-0.15, -0.1) is 0 Å². The van der Waals surface area contributed by atoms with Crippen molar-refractivity contribution < 1.29 is 51.7 Å². The average molecular weight is 799 g/mol. The first-order valence-electron chi connectivity index (χ1n) is 18.1. The van der Waals surface area contributed by atoms with Gasteiger partial charge in [0, 0.05) is 42.3 Å². The van der Waals surface area contributed by atoms with E-state index in [9.17, 15) is 32.9 Å². The third-order valence-electron chi connectivity index (χ3n) is 8.59. The van der Waals surface area contributed by atoms with Crippen LogP contribution >= 0.6 is 7.67 Å². The highest BCUT2D eigenvalue weighted by molar-refractivity contribution is 7.55. The van der Waals surface area contributed by atoms with E-state index in [0.29, 0.717) is 45.9 Å². The van der Waals surface area contributed by atoms with Crippen LogP contribution in [0.2, 0.25) is 0 Å². The number of anilines is 1. The molecule has 1 aliphatic rings. The number of hydrogen-bond donors (Lipinski definition) is 5. The van der Waals surface area contributed by atoms with E-state index in [0.717, 1.165) is 0 Å². The number of halogens is 1. The van der Waals surface area contributed by atoms with Crippen molar-refractivity contribution in [3.05, 3.63) is 81.9 Å². The number of nitrogens with zero attached hydrogens (tertiary/aromatic N) is 1. The maximum absolute atomic E-state index is 13.9. The molecule has 2 unspecified atom stereocenters. The Kier molecular flexibility index (Phi) is 15.0. The van der Waals surface area contributed by atoms with Crippen LogP contribution in [0.3, 0.4) is 0 Å². The molecule has 0 radical (unpaired) electrons. The van der Waals surface area contributed by atoms with Crippen LogP contribution in [-0.2, 0) is 39.8 Å². The second kappa shape index (κ2) is 19.4. The molecule has 5 N–H and O–H groups in total. The van der Waals surface area contributed by atoms with Crippen LogP contribution in [0.1, 0.15) is 73.1 Å². The minimum absolute atomic E-state index is 0.106. The number of H-pyrrole nitrogens is 1. The second-order valence-corrected chi connectivity index (χ2v) is 14.6. The summed E-state index contributed by atoms with van der Waals surface area (Å²) in [6.07, 6.45) is 0.974. The number of likely N-dealkylation sites (N-methyl/N-ethyl adjacent to an activating group) is 1. The molecule has 4 rings (SSSR count). The molecule has 0 spiro atoms. The SMILES string of the molecule is CCOC(=O)C(C)NP(=O)(NC(C)C(=O)OCC)Oc1ccc(COC(=O)N(CC)CCNC(=O)c2c(C)[nH]c(/C=C3\C(=O)Nc4ccc(F)cc43)c2C)cc1. The summed E-state index contributed by atoms with van der Waals surface area (Å²) in [5.41, 5.74) is 3.87. The molecule has 1 aliphatic heterocycles. The van der Waals surface area contributed by atoms with Crippen LogP contribution in [-0.4, -0.2) is 84.7 Å². The number of hydrogen-bond acceptors (Lipinski definition) is 10. The zero-order valence-electron chi connectivity index (χ0n) is 32.4. The molecule has 3 aromatic rings. The highest BCUT2D eigenvalue weighted by Crippen LogP contribution is 2.40. The first-order valence-corrected chi connectivity index (χ1v) is 19.7. The highest BCUT2D eigenvalue weighted by Gasteiger charge is 2.34. The van der Waals surface area contributed by atoms with Gasteiger partial charge in [-0.2, -0.15) is 0 Å². The number of benzene rings is 2. The number of fused-ring (bicyclic) bond motifs is 1. The van der Waals surface area contributed by atoms with Gasteiger partial charge in [-0.05, 0) is 96.0 Å². The van der Waals surface area contributed by atoms with E-state index in [1.54, 1.807) is 52.8 Å². The molecule has 1 aromatic heterocycles. The molecule has 16 nitrogen and oxygen atoms in total. The Labute approximate surface area is 324 Å². The van der Waals surface area contributed by atoms with Gasteiger partial charge in [0.15, 0.2) is 0 Å². The Bertz CT molecular complexity index is 1990. The van der Waals surface area contributed by atoms with E-state index in [1.807, 2.05) is 0 Å². The lowest BCUT2D eigenvalue weighted by atomic mass is 10.0. The average Bonchev–Trinajstić information content (AvgIpc) is 3.61. The summed E-state index contributed by atoms with van der Waals surface area (Å²) in [7, 11) is -4.09. The van der Waals surface area contributed by atoms with Crippen molar-refractivity contribution in [2.24, 2.45) is 0 Å². The molecule has 0 saturated heterocycles. The largest absolute Gasteiger partial charge is 0.465 e. The van der Waals surface area contributed by atoms with Crippen molar-refractivity contribution in [1.29, 1.82) is 0 Å². The van der Waals surface area contributed by atoms with Gasteiger partial charge in [0.05, 0.1) is 24.4 Å². The van der Waals surface area contributed by atoms with Gasteiger partial charge >= 0.3 is 25.7 Å². The highest BCUT2D eigenvalue weighted by atomic mass is 31.2. The number of carbonyl (C=O) groups excluding carboxylic acids is 5. The first kappa shape index (κ1) is 43.2. The Morgan fingerprint density at radius 3 is 2.14 bits per heavy atom. The maximum atomic E-state index is 13.9. The number of aromatic amines is 1. The van der Waals surface area contributed by atoms with Gasteiger partial charge in [0.1, 0.15) is 30.3 Å². The van der Waals surface area contributed by atoms with E-state index in [1.165, 1.54) is 49.1 Å². The monoisotopic (exact) mass is 798 g/mol. The fraction of sp³-hybridized carbons (Fsp3) is 0.395. The molecule has 2 atom stereocenters. The van der Waals surface area contributed by atoms with Crippen molar-refractivity contribution in [3.8, 4) is 5.75 Å². The lowest BCUT2D eigenvalue weighted by Crippen LogP contribution is -2.43. The summed E-state index contributed by atoms with van der Waals surface area (Å²) in [6, 6.07) is 8.11. The third kappa shape index (κ3) is 11.0. The van der Waals surface area contributed by atoms with Crippen LogP contribution in [0.15, 0.2) is 42.5 Å². The third-order valence-corrected chi connectivity index (χ3v) is 10.5. The number of aryl methyl sites for hydroxylation is 1. The number of carbonyl (C=O) groups is 5. The number of esters is 2. The Morgan fingerprint density at radius 2 is 1.55 bits per heavy atom. The molecule has 0 bridgehead atoms. The topological polar surface area (TPSA) is 206 Å². The smallest absolute Gasteiger partial charge is 0.410 e. The van der Waals surface area contributed by atoms with Crippen LogP contribution in [0.25, 0.3) is 11.6 Å². The minimum Gasteiger partial charge on any atom is -0.465 e. The molecule has 3 amide bonds. The number of aromatic nitrogens is 1. The predicted octanol–water partition coefficient (Wildman–Crippen LogP) is 5.22. The van der Waals surface area contributed by atoms with Crippen molar-refractivity contribution in [3.63, 3.8) is 0 Å². The van der Waals surface area contributed by atoms with E-state index in [4.69, 9.17) is 18.7 Å². The van der Waals surface area contributed by atoms with Crippen molar-refractivity contribution in [2.45, 2.75) is 67.2 Å². The van der Waals surface area contributed by atoms with Crippen molar-refractivity contribution >= 4 is 54.9 Å². The number of ether oxygens (including phenoxy) is 3. The molecular weight excluding hydrogens is 750 g/mol. The first-order chi connectivity index (χ1) is 26.6. The quantitative estimate of drug-likeness (QED) is 0.0486. The molecule has 2 heterocycles. The van der Waals surface area contributed by atoms with Crippen LogP contribution in [0.5, 0.6) is 5.75 Å². The van der Waals surface area contributed by atoms with E-state index in [-0.39, 0.29) is 56.0 Å². The van der Waals surface area contributed by atoms with E-state index >= 15 is 0 Å². The van der Waals surface area contributed by atoms with E-state index < -0.39 is 43.6 Å². The van der Waals surface area contributed by atoms with Gasteiger partial charge in [-0.1, -0.05) is 12.1 Å². The zero-order chi connectivity index (χ0) is 41.2. The zero-order valence-corrected chi connectivity index (χ0v) is 33.3. The molecular formula is C38H48FN6O10P. The molecule has 302 valence electrons.